The van der Waals surface area contributed by atoms with E-state index in [9.17, 15) is 21.6 Å². The summed E-state index contributed by atoms with van der Waals surface area (Å²) in [5.74, 6) is -0.369. The van der Waals surface area contributed by atoms with Gasteiger partial charge in [-0.15, -0.1) is 0 Å². The Bertz CT molecular complexity index is 1180. The molecule has 1 aliphatic heterocycles. The predicted octanol–water partition coefficient (Wildman–Crippen LogP) is 2.26. The lowest BCUT2D eigenvalue weighted by molar-refractivity contribution is 0.0921. The number of nitrogens with zero attached hydrogens (tertiary/aromatic N) is 1. The van der Waals surface area contributed by atoms with Crippen LogP contribution >= 0.6 is 0 Å². The minimum absolute atomic E-state index is 0.0446. The van der Waals surface area contributed by atoms with Crippen molar-refractivity contribution in [1.29, 1.82) is 0 Å². The molecule has 1 heterocycles. The average molecular weight is 466 g/mol. The van der Waals surface area contributed by atoms with Gasteiger partial charge in [0.25, 0.3) is 15.9 Å². The number of hydrogen-bond acceptors (Lipinski definition) is 5. The number of anilines is 1. The smallest absolute Gasteiger partial charge is 0.261 e. The van der Waals surface area contributed by atoms with Crippen LogP contribution in [0.15, 0.2) is 47.4 Å². The van der Waals surface area contributed by atoms with Crippen molar-refractivity contribution in [3.8, 4) is 0 Å². The Morgan fingerprint density at radius 2 is 1.68 bits per heavy atom. The van der Waals surface area contributed by atoms with Crippen LogP contribution in [0.3, 0.4) is 0 Å². The Hall–Kier alpha value is -2.43. The van der Waals surface area contributed by atoms with Gasteiger partial charge in [-0.3, -0.25) is 9.52 Å². The Balaban J connectivity index is 1.67. The van der Waals surface area contributed by atoms with Gasteiger partial charge in [-0.05, 0) is 74.2 Å². The molecular formula is C21H27N3O5S2. The number of benzene rings is 2. The van der Waals surface area contributed by atoms with Gasteiger partial charge in [0.2, 0.25) is 10.0 Å². The van der Waals surface area contributed by atoms with Crippen molar-refractivity contribution < 1.29 is 21.6 Å². The number of rotatable bonds is 6. The quantitative estimate of drug-likeness (QED) is 0.680. The van der Waals surface area contributed by atoms with Crippen LogP contribution in [0.25, 0.3) is 0 Å². The third kappa shape index (κ3) is 5.84. The van der Waals surface area contributed by atoms with Crippen molar-refractivity contribution in [3.63, 3.8) is 0 Å². The molecule has 0 aliphatic carbocycles. The topological polar surface area (TPSA) is 113 Å². The zero-order valence-corrected chi connectivity index (χ0v) is 19.4. The van der Waals surface area contributed by atoms with Crippen molar-refractivity contribution in [3.05, 3.63) is 59.2 Å². The molecule has 1 aliphatic rings. The van der Waals surface area contributed by atoms with Gasteiger partial charge in [0.15, 0.2) is 0 Å². The summed E-state index contributed by atoms with van der Waals surface area (Å²) in [5, 5.41) is 2.84. The van der Waals surface area contributed by atoms with Crippen LogP contribution in [0.1, 0.15) is 34.3 Å². The summed E-state index contributed by atoms with van der Waals surface area (Å²) >= 11 is 0. The Labute approximate surface area is 183 Å². The molecule has 0 spiro atoms. The zero-order valence-electron chi connectivity index (χ0n) is 17.8. The fourth-order valence-corrected chi connectivity index (χ4v) is 5.40. The van der Waals surface area contributed by atoms with Crippen LogP contribution in [0.4, 0.5) is 5.69 Å². The predicted molar refractivity (Wildman–Crippen MR) is 120 cm³/mol. The number of amides is 1. The third-order valence-electron chi connectivity index (χ3n) is 5.37. The van der Waals surface area contributed by atoms with Crippen molar-refractivity contribution >= 4 is 31.6 Å². The van der Waals surface area contributed by atoms with E-state index in [-0.39, 0.29) is 23.4 Å². The molecule has 1 saturated heterocycles. The lowest BCUT2D eigenvalue weighted by Gasteiger charge is -2.31. The molecule has 0 saturated carbocycles. The first-order chi connectivity index (χ1) is 14.5. The molecule has 1 fully saturated rings. The SMILES string of the molecule is Cc1ccc(NS(=O)(=O)c2ccc(C(=O)NC3CCCN(S(C)(=O)=O)C3)cc2)cc1C. The van der Waals surface area contributed by atoms with E-state index in [1.165, 1.54) is 28.6 Å². The summed E-state index contributed by atoms with van der Waals surface area (Å²) in [4.78, 5) is 12.6. The molecule has 0 radical (unpaired) electrons. The molecule has 2 N–H and O–H groups in total. The summed E-state index contributed by atoms with van der Waals surface area (Å²) in [6.45, 7) is 4.54. The van der Waals surface area contributed by atoms with Crippen molar-refractivity contribution in [2.45, 2.75) is 37.6 Å². The second-order valence-electron chi connectivity index (χ2n) is 7.86. The van der Waals surface area contributed by atoms with Gasteiger partial charge in [-0.1, -0.05) is 6.07 Å². The maximum atomic E-state index is 12.7. The van der Waals surface area contributed by atoms with Crippen molar-refractivity contribution in [2.75, 3.05) is 24.1 Å². The summed E-state index contributed by atoms with van der Waals surface area (Å²) in [7, 11) is -7.10. The molecule has 10 heteroatoms. The number of nitrogens with one attached hydrogen (secondary N) is 2. The Morgan fingerprint density at radius 1 is 1.00 bits per heavy atom. The highest BCUT2D eigenvalue weighted by Crippen LogP contribution is 2.20. The molecule has 0 aromatic heterocycles. The molecular weight excluding hydrogens is 438 g/mol. The van der Waals surface area contributed by atoms with Crippen LogP contribution < -0.4 is 10.0 Å². The van der Waals surface area contributed by atoms with Crippen molar-refractivity contribution in [2.24, 2.45) is 0 Å². The molecule has 0 bridgehead atoms. The highest BCUT2D eigenvalue weighted by atomic mass is 32.2. The van der Waals surface area contributed by atoms with Gasteiger partial charge in [0, 0.05) is 30.4 Å². The average Bonchev–Trinajstić information content (AvgIpc) is 2.70. The van der Waals surface area contributed by atoms with E-state index >= 15 is 0 Å². The normalized spacial score (nSPS) is 17.8. The van der Waals surface area contributed by atoms with E-state index in [0.717, 1.165) is 17.4 Å². The molecule has 168 valence electrons. The number of hydrogen-bond donors (Lipinski definition) is 2. The number of aryl methyl sites for hydroxylation is 2. The fourth-order valence-electron chi connectivity index (χ4n) is 3.43. The summed E-state index contributed by atoms with van der Waals surface area (Å²) in [5.41, 5.74) is 2.82. The van der Waals surface area contributed by atoms with E-state index in [1.54, 1.807) is 12.1 Å². The van der Waals surface area contributed by atoms with Gasteiger partial charge < -0.3 is 5.32 Å². The maximum absolute atomic E-state index is 12.7. The van der Waals surface area contributed by atoms with E-state index in [4.69, 9.17) is 0 Å². The van der Waals surface area contributed by atoms with E-state index < -0.39 is 20.0 Å². The minimum Gasteiger partial charge on any atom is -0.348 e. The molecule has 1 atom stereocenters. The van der Waals surface area contributed by atoms with Gasteiger partial charge in [0.05, 0.1) is 11.2 Å². The van der Waals surface area contributed by atoms with Crippen LogP contribution in [-0.2, 0) is 20.0 Å². The summed E-state index contributed by atoms with van der Waals surface area (Å²) in [6.07, 6.45) is 2.51. The second kappa shape index (κ2) is 8.97. The van der Waals surface area contributed by atoms with Gasteiger partial charge in [-0.2, -0.15) is 0 Å². The third-order valence-corrected chi connectivity index (χ3v) is 8.04. The van der Waals surface area contributed by atoms with E-state index in [1.807, 2.05) is 19.9 Å². The first kappa shape index (κ1) is 23.2. The van der Waals surface area contributed by atoms with Crippen LogP contribution in [0.5, 0.6) is 0 Å². The molecule has 1 amide bonds. The molecule has 8 nitrogen and oxygen atoms in total. The lowest BCUT2D eigenvalue weighted by Crippen LogP contribution is -2.49. The van der Waals surface area contributed by atoms with Crippen LogP contribution in [0, 0.1) is 13.8 Å². The molecule has 2 aromatic rings. The van der Waals surface area contributed by atoms with E-state index in [2.05, 4.69) is 10.0 Å². The summed E-state index contributed by atoms with van der Waals surface area (Å²) in [6, 6.07) is 10.7. The van der Waals surface area contributed by atoms with Gasteiger partial charge in [0.1, 0.15) is 0 Å². The maximum Gasteiger partial charge on any atom is 0.261 e. The van der Waals surface area contributed by atoms with Gasteiger partial charge in [-0.25, -0.2) is 21.1 Å². The largest absolute Gasteiger partial charge is 0.348 e. The second-order valence-corrected chi connectivity index (χ2v) is 11.5. The number of piperidine rings is 1. The molecule has 1 unspecified atom stereocenters. The van der Waals surface area contributed by atoms with E-state index in [0.29, 0.717) is 30.6 Å². The molecule has 31 heavy (non-hydrogen) atoms. The standard InChI is InChI=1S/C21H27N3O5S2/c1-15-6-9-18(13-16(15)2)23-31(28,29)20-10-7-17(8-11-20)21(25)22-19-5-4-12-24(14-19)30(3,26)27/h6-11,13,19,23H,4-5,12,14H2,1-3H3,(H,22,25). The fraction of sp³-hybridized carbons (Fsp3) is 0.381. The minimum atomic E-state index is -3.79. The number of carbonyl (C=O) groups is 1. The van der Waals surface area contributed by atoms with Crippen molar-refractivity contribution in [1.82, 2.24) is 9.62 Å². The lowest BCUT2D eigenvalue weighted by atomic mass is 10.1. The number of sulfonamides is 2. The number of carbonyl (C=O) groups excluding carboxylic acids is 1. The highest BCUT2D eigenvalue weighted by molar-refractivity contribution is 7.92. The Kier molecular flexibility index (Phi) is 6.73. The van der Waals surface area contributed by atoms with Crippen LogP contribution in [0.2, 0.25) is 0 Å². The molecule has 2 aromatic carbocycles. The molecule has 3 rings (SSSR count). The monoisotopic (exact) mass is 465 g/mol. The Morgan fingerprint density at radius 3 is 2.29 bits per heavy atom. The summed E-state index contributed by atoms with van der Waals surface area (Å²) < 4.78 is 52.7. The first-order valence-electron chi connectivity index (χ1n) is 9.92. The van der Waals surface area contributed by atoms with Crippen LogP contribution in [-0.4, -0.2) is 52.4 Å². The zero-order chi connectivity index (χ0) is 22.8. The highest BCUT2D eigenvalue weighted by Gasteiger charge is 2.27. The van der Waals surface area contributed by atoms with Gasteiger partial charge >= 0.3 is 0 Å². The first-order valence-corrected chi connectivity index (χ1v) is 13.2.